The highest BCUT2D eigenvalue weighted by atomic mass is 19.4. The highest BCUT2D eigenvalue weighted by Crippen LogP contribution is 2.46. The van der Waals surface area contributed by atoms with E-state index >= 15 is 0 Å². The molecule has 19 heteroatoms. The number of aromatic nitrogens is 2. The summed E-state index contributed by atoms with van der Waals surface area (Å²) in [6, 6.07) is 15.6. The van der Waals surface area contributed by atoms with Crippen molar-refractivity contribution >= 4 is 43.6 Å². The molecule has 6 aromatic carbocycles. The second kappa shape index (κ2) is 13.7. The molecule has 0 amide bonds. The molecule has 314 valence electrons. The van der Waals surface area contributed by atoms with Crippen LogP contribution in [0.4, 0.5) is 65.9 Å². The van der Waals surface area contributed by atoms with Gasteiger partial charge in [0, 0.05) is 21.5 Å². The van der Waals surface area contributed by atoms with Crippen molar-refractivity contribution < 1.29 is 65.9 Å². The third-order valence-electron chi connectivity index (χ3n) is 10.3. The molecule has 4 nitrogen and oxygen atoms in total. The van der Waals surface area contributed by atoms with Gasteiger partial charge in [-0.25, -0.2) is 0 Å². The lowest BCUT2D eigenvalue weighted by molar-refractivity contribution is -0.138. The van der Waals surface area contributed by atoms with Crippen LogP contribution in [0.2, 0.25) is 0 Å². The first kappa shape index (κ1) is 41.6. The number of benzene rings is 6. The van der Waals surface area contributed by atoms with E-state index in [9.17, 15) is 76.4 Å². The van der Waals surface area contributed by atoms with E-state index < -0.39 is 114 Å². The van der Waals surface area contributed by atoms with Crippen molar-refractivity contribution in [2.75, 3.05) is 0 Å². The number of halogens is 15. The molecule has 0 bridgehead atoms. The van der Waals surface area contributed by atoms with Crippen LogP contribution in [0, 0.1) is 22.7 Å². The zero-order valence-corrected chi connectivity index (χ0v) is 30.3. The Morgan fingerprint density at radius 3 is 0.984 bits per heavy atom. The molecule has 0 saturated heterocycles. The van der Waals surface area contributed by atoms with Crippen LogP contribution in [-0.2, 0) is 30.9 Å². The smallest absolute Gasteiger partial charge is 0.308 e. The molecule has 0 saturated carbocycles. The number of hydrogen-bond acceptors (Lipinski definition) is 2. The molecule has 0 unspecified atom stereocenters. The lowest BCUT2D eigenvalue weighted by atomic mass is 9.94. The Kier molecular flexibility index (Phi) is 9.18. The molecule has 2 heterocycles. The van der Waals surface area contributed by atoms with Gasteiger partial charge in [-0.3, -0.25) is 0 Å². The fourth-order valence-electron chi connectivity index (χ4n) is 7.61. The van der Waals surface area contributed by atoms with Crippen molar-refractivity contribution in [3.63, 3.8) is 0 Å². The summed E-state index contributed by atoms with van der Waals surface area (Å²) < 4.78 is 215. The van der Waals surface area contributed by atoms with Crippen LogP contribution in [0.3, 0.4) is 0 Å². The molecule has 0 aliphatic rings. The molecule has 0 aliphatic carbocycles. The monoisotopic (exact) mass is 874 g/mol. The van der Waals surface area contributed by atoms with Crippen LogP contribution in [0.25, 0.3) is 66.1 Å². The summed E-state index contributed by atoms with van der Waals surface area (Å²) in [6.07, 6.45) is -25.3. The third kappa shape index (κ3) is 6.87. The van der Waals surface area contributed by atoms with Crippen molar-refractivity contribution in [3.8, 4) is 34.6 Å². The van der Waals surface area contributed by atoms with E-state index in [4.69, 9.17) is 0 Å². The van der Waals surface area contributed by atoms with Crippen LogP contribution in [0.1, 0.15) is 38.9 Å². The first-order chi connectivity index (χ1) is 28.8. The molecular formula is C43H17F15N4. The van der Waals surface area contributed by atoms with Crippen molar-refractivity contribution in [1.29, 1.82) is 10.5 Å². The minimum atomic E-state index is -5.19. The number of nitrogens with zero attached hydrogens (tertiary/aromatic N) is 4. The second-order valence-electron chi connectivity index (χ2n) is 14.0. The van der Waals surface area contributed by atoms with Crippen molar-refractivity contribution in [2.45, 2.75) is 30.9 Å². The minimum Gasteiger partial charge on any atom is -0.308 e. The Morgan fingerprint density at radius 1 is 0.371 bits per heavy atom. The van der Waals surface area contributed by atoms with Crippen LogP contribution >= 0.6 is 0 Å². The number of nitriles is 2. The first-order valence-electron chi connectivity index (χ1n) is 17.5. The van der Waals surface area contributed by atoms with Crippen molar-refractivity contribution in [2.24, 2.45) is 0 Å². The van der Waals surface area contributed by atoms with Gasteiger partial charge in [0.25, 0.3) is 0 Å². The zero-order chi connectivity index (χ0) is 45.1. The number of alkyl halides is 15. The van der Waals surface area contributed by atoms with E-state index in [1.54, 1.807) is 6.07 Å². The van der Waals surface area contributed by atoms with Crippen LogP contribution in [0.5, 0.6) is 0 Å². The number of fused-ring (bicyclic) bond motifs is 6. The largest absolute Gasteiger partial charge is 0.417 e. The fourth-order valence-corrected chi connectivity index (χ4v) is 7.61. The van der Waals surface area contributed by atoms with Gasteiger partial charge in [-0.05, 0) is 108 Å². The quantitative estimate of drug-likeness (QED) is 0.166. The second-order valence-corrected chi connectivity index (χ2v) is 14.0. The van der Waals surface area contributed by atoms with E-state index in [0.29, 0.717) is 54.6 Å². The summed E-state index contributed by atoms with van der Waals surface area (Å²) in [7, 11) is 0. The zero-order valence-electron chi connectivity index (χ0n) is 30.3. The number of hydrogen-bond donors (Lipinski definition) is 0. The van der Waals surface area contributed by atoms with E-state index in [0.717, 1.165) is 57.7 Å². The average molecular weight is 875 g/mol. The summed E-state index contributed by atoms with van der Waals surface area (Å²) in [5, 5.41) is 18.6. The molecular weight excluding hydrogens is 857 g/mol. The van der Waals surface area contributed by atoms with Gasteiger partial charge >= 0.3 is 30.9 Å². The minimum absolute atomic E-state index is 0.283. The topological polar surface area (TPSA) is 57.4 Å². The molecule has 0 spiro atoms. The predicted octanol–water partition coefficient (Wildman–Crippen LogP) is 14.4. The summed E-state index contributed by atoms with van der Waals surface area (Å²) in [5.74, 6) is 0. The fraction of sp³-hybridized carbons (Fsp3) is 0.116. The summed E-state index contributed by atoms with van der Waals surface area (Å²) in [4.78, 5) is 0. The molecule has 0 atom stereocenters. The first-order valence-corrected chi connectivity index (χ1v) is 17.5. The lowest BCUT2D eigenvalue weighted by Crippen LogP contribution is -2.10. The highest BCUT2D eigenvalue weighted by Gasteiger charge is 2.38. The van der Waals surface area contributed by atoms with Gasteiger partial charge < -0.3 is 9.13 Å². The maximum Gasteiger partial charge on any atom is 0.417 e. The molecule has 2 aromatic heterocycles. The van der Waals surface area contributed by atoms with Crippen molar-refractivity contribution in [1.82, 2.24) is 9.13 Å². The molecule has 0 aliphatic heterocycles. The standard InChI is InChI=1S/C43H17F15N4/c44-39(45,46)22-2-7-33-27(14-22)28-15-23(40(47,48)49)3-8-34(28)61(33)37-12-21(26-6-1-20(18-59)11-32(26)43(56,57)58)13-38(31(37)19-60)62-35-9-4-24(41(50,51)52)16-29(35)30-17-25(42(53,54)55)5-10-36(30)62/h1-17H. The third-order valence-corrected chi connectivity index (χ3v) is 10.3. The summed E-state index contributed by atoms with van der Waals surface area (Å²) >= 11 is 0. The Morgan fingerprint density at radius 2 is 0.710 bits per heavy atom. The van der Waals surface area contributed by atoms with Gasteiger partial charge in [-0.15, -0.1) is 0 Å². The van der Waals surface area contributed by atoms with Crippen LogP contribution < -0.4 is 0 Å². The molecule has 0 N–H and O–H groups in total. The van der Waals surface area contributed by atoms with Gasteiger partial charge in [0.05, 0.1) is 72.9 Å². The van der Waals surface area contributed by atoms with Crippen molar-refractivity contribution in [3.05, 3.63) is 142 Å². The SMILES string of the molecule is N#Cc1ccc(-c2cc(-n3c4ccc(C(F)(F)F)cc4c4cc(C(F)(F)F)ccc43)c(C#N)c(-n3c4ccc(C(F)(F)F)cc4c4cc(C(F)(F)F)ccc43)c2)c(C(F)(F)F)c1. The van der Waals surface area contributed by atoms with E-state index in [1.807, 2.05) is 6.07 Å². The van der Waals surface area contributed by atoms with Gasteiger partial charge in [0.1, 0.15) is 11.6 Å². The Labute approximate surface area is 336 Å². The van der Waals surface area contributed by atoms with E-state index in [2.05, 4.69) is 0 Å². The number of rotatable bonds is 3. The van der Waals surface area contributed by atoms with Crippen LogP contribution in [0.15, 0.2) is 103 Å². The van der Waals surface area contributed by atoms with Gasteiger partial charge in [0.2, 0.25) is 0 Å². The normalized spacial score (nSPS) is 13.0. The summed E-state index contributed by atoms with van der Waals surface area (Å²) in [5.41, 5.74) is -10.8. The molecule has 62 heavy (non-hydrogen) atoms. The molecule has 8 rings (SSSR count). The maximum atomic E-state index is 14.8. The Balaban J connectivity index is 1.59. The van der Waals surface area contributed by atoms with Gasteiger partial charge in [-0.1, -0.05) is 6.07 Å². The van der Waals surface area contributed by atoms with E-state index in [-0.39, 0.29) is 22.1 Å². The van der Waals surface area contributed by atoms with E-state index in [1.165, 1.54) is 0 Å². The highest BCUT2D eigenvalue weighted by molar-refractivity contribution is 6.12. The molecule has 0 radical (unpaired) electrons. The predicted molar refractivity (Wildman–Crippen MR) is 195 cm³/mol. The maximum absolute atomic E-state index is 14.8. The van der Waals surface area contributed by atoms with Gasteiger partial charge in [0.15, 0.2) is 0 Å². The lowest BCUT2D eigenvalue weighted by Gasteiger charge is -2.20. The Hall–Kier alpha value is -7.15. The molecule has 0 fully saturated rings. The van der Waals surface area contributed by atoms with Crippen LogP contribution in [-0.4, -0.2) is 9.13 Å². The molecule has 8 aromatic rings. The summed E-state index contributed by atoms with van der Waals surface area (Å²) in [6.45, 7) is 0. The Bertz CT molecular complexity index is 2940. The average Bonchev–Trinajstić information content (AvgIpc) is 3.69. The van der Waals surface area contributed by atoms with Gasteiger partial charge in [-0.2, -0.15) is 76.4 Å².